The lowest BCUT2D eigenvalue weighted by molar-refractivity contribution is 0.262. The van der Waals surface area contributed by atoms with Crippen molar-refractivity contribution in [1.29, 1.82) is 0 Å². The summed E-state index contributed by atoms with van der Waals surface area (Å²) in [6.45, 7) is 35.1. The van der Waals surface area contributed by atoms with Crippen LogP contribution >= 0.6 is 0 Å². The number of hydrogen-bond donors (Lipinski definition) is 2. The smallest absolute Gasteiger partial charge is 0.0580 e. The number of aryl methyl sites for hydroxylation is 1. The van der Waals surface area contributed by atoms with Crippen LogP contribution in [0.4, 0.5) is 0 Å². The number of allylic oxidation sites excluding steroid dienone is 4. The van der Waals surface area contributed by atoms with Crippen LogP contribution in [0.25, 0.3) is 0 Å². The second kappa shape index (κ2) is 38.7. The van der Waals surface area contributed by atoms with Crippen molar-refractivity contribution in [1.82, 2.24) is 15.1 Å². The van der Waals surface area contributed by atoms with Crippen LogP contribution in [0.15, 0.2) is 96.6 Å². The van der Waals surface area contributed by atoms with Gasteiger partial charge in [0.05, 0.1) is 5.70 Å². The van der Waals surface area contributed by atoms with E-state index >= 15 is 0 Å². The van der Waals surface area contributed by atoms with E-state index in [1.807, 2.05) is 58.2 Å². The average molecular weight is 718 g/mol. The van der Waals surface area contributed by atoms with Gasteiger partial charge in [0.1, 0.15) is 0 Å². The van der Waals surface area contributed by atoms with Crippen molar-refractivity contribution in [2.24, 2.45) is 22.6 Å². The lowest BCUT2D eigenvalue weighted by Gasteiger charge is -2.27. The van der Waals surface area contributed by atoms with Crippen LogP contribution in [0.1, 0.15) is 132 Å². The highest BCUT2D eigenvalue weighted by Crippen LogP contribution is 2.22. The number of nitrogens with one attached hydrogen (secondary N) is 1. The van der Waals surface area contributed by atoms with Gasteiger partial charge in [0.2, 0.25) is 0 Å². The summed E-state index contributed by atoms with van der Waals surface area (Å²) in [5.74, 6) is 4.36. The zero-order valence-electron chi connectivity index (χ0n) is 35.7. The first kappa shape index (κ1) is 52.9. The number of aliphatic imine (C=N–C) groups is 1. The highest BCUT2D eigenvalue weighted by atomic mass is 15.2. The third kappa shape index (κ3) is 33.6. The molecule has 0 amide bonds. The molecule has 5 heteroatoms. The fourth-order valence-electron chi connectivity index (χ4n) is 5.52. The number of nitrogens with zero attached hydrogens (tertiary/aromatic N) is 3. The van der Waals surface area contributed by atoms with Crippen molar-refractivity contribution in [2.75, 3.05) is 33.2 Å². The molecule has 1 saturated carbocycles. The standard InChI is InChI=1S/C29H50N4.C7H14.C7H8.C2H5N.C2H6/c1-10-15-16-17-25(6)24-29(21-20-28(11-2)30-12-3)31-26(7)18-19-27(8)32(9)22-23-33(13-4)14-5;2*1-7-5-3-2-4-6-7;1-2-3;1-2/h1,11-12,20-21,25,29,31H,7-8,13-19,22-24H2,2-6,9H3;7H,2-6H2,1H3;2-6H,1H3;2H,1,3H2;1-2H3/b21-20?,28-11-,30-12?;;;;. The van der Waals surface area contributed by atoms with E-state index in [1.54, 1.807) is 0 Å². The minimum Gasteiger partial charge on any atom is -0.405 e. The summed E-state index contributed by atoms with van der Waals surface area (Å²) in [4.78, 5) is 9.12. The molecule has 1 aliphatic rings. The Morgan fingerprint density at radius 1 is 1.06 bits per heavy atom. The van der Waals surface area contributed by atoms with Gasteiger partial charge in [0, 0.05) is 50.2 Å². The number of likely N-dealkylation sites (N-methyl/N-ethyl adjacent to an activating group) is 2. The molecule has 296 valence electrons. The lowest BCUT2D eigenvalue weighted by atomic mass is 9.91. The van der Waals surface area contributed by atoms with Gasteiger partial charge in [0.25, 0.3) is 0 Å². The van der Waals surface area contributed by atoms with E-state index in [9.17, 15) is 0 Å². The monoisotopic (exact) mass is 718 g/mol. The minimum atomic E-state index is 0.217. The molecule has 1 aliphatic carbocycles. The molecule has 0 aromatic heterocycles. The zero-order chi connectivity index (χ0) is 40.0. The molecular weight excluding hydrogens is 635 g/mol. The Labute approximate surface area is 324 Å². The Kier molecular flexibility index (Phi) is 39.4. The van der Waals surface area contributed by atoms with Crippen LogP contribution in [0.2, 0.25) is 0 Å². The van der Waals surface area contributed by atoms with Crippen molar-refractivity contribution >= 4 is 6.21 Å². The quantitative estimate of drug-likeness (QED) is 0.0647. The minimum absolute atomic E-state index is 0.217. The van der Waals surface area contributed by atoms with Gasteiger partial charge in [0.15, 0.2) is 0 Å². The van der Waals surface area contributed by atoms with Crippen LogP contribution in [0, 0.1) is 31.1 Å². The second-order valence-electron chi connectivity index (χ2n) is 13.4. The van der Waals surface area contributed by atoms with Gasteiger partial charge in [-0.05, 0) is 90.1 Å². The summed E-state index contributed by atoms with van der Waals surface area (Å²) in [6, 6.07) is 10.5. The zero-order valence-corrected chi connectivity index (χ0v) is 35.7. The Bertz CT molecular complexity index is 1100. The maximum absolute atomic E-state index is 5.42. The van der Waals surface area contributed by atoms with E-state index in [4.69, 9.17) is 6.42 Å². The van der Waals surface area contributed by atoms with Crippen molar-refractivity contribution in [3.8, 4) is 12.3 Å². The fourth-order valence-corrected chi connectivity index (χ4v) is 5.52. The van der Waals surface area contributed by atoms with E-state index in [-0.39, 0.29) is 6.04 Å². The molecule has 2 rings (SSSR count). The van der Waals surface area contributed by atoms with Gasteiger partial charge in [-0.3, -0.25) is 4.99 Å². The van der Waals surface area contributed by atoms with Crippen LogP contribution in [0.5, 0.6) is 0 Å². The number of nitrogens with two attached hydrogens (primary N) is 1. The number of unbranched alkanes of at least 4 members (excludes halogenated alkanes) is 1. The largest absolute Gasteiger partial charge is 0.405 e. The van der Waals surface area contributed by atoms with Gasteiger partial charge in [-0.25, -0.2) is 0 Å². The van der Waals surface area contributed by atoms with Crippen LogP contribution in [-0.4, -0.2) is 55.3 Å². The van der Waals surface area contributed by atoms with Crippen LogP contribution in [0.3, 0.4) is 0 Å². The summed E-state index contributed by atoms with van der Waals surface area (Å²) in [7, 11) is 2.14. The molecular formula is C47H83N5. The fraction of sp³-hybridized carbons (Fsp3) is 0.596. The Balaban J connectivity index is -0.00000101. The highest BCUT2D eigenvalue weighted by molar-refractivity contribution is 5.56. The second-order valence-corrected chi connectivity index (χ2v) is 13.4. The van der Waals surface area contributed by atoms with Gasteiger partial charge in [-0.1, -0.05) is 141 Å². The van der Waals surface area contributed by atoms with Crippen molar-refractivity contribution < 1.29 is 0 Å². The first-order chi connectivity index (χ1) is 25.0. The maximum Gasteiger partial charge on any atom is 0.0580 e. The van der Waals surface area contributed by atoms with Gasteiger partial charge >= 0.3 is 0 Å². The molecule has 0 radical (unpaired) electrons. The molecule has 52 heavy (non-hydrogen) atoms. The third-order valence-corrected chi connectivity index (χ3v) is 8.87. The Hall–Kier alpha value is -3.49. The summed E-state index contributed by atoms with van der Waals surface area (Å²) in [5.41, 5.74) is 9.12. The van der Waals surface area contributed by atoms with E-state index in [0.29, 0.717) is 5.92 Å². The molecule has 0 saturated heterocycles. The molecule has 0 bridgehead atoms. The van der Waals surface area contributed by atoms with Crippen molar-refractivity contribution in [3.63, 3.8) is 0 Å². The Morgan fingerprint density at radius 3 is 2.10 bits per heavy atom. The average Bonchev–Trinajstić information content (AvgIpc) is 3.15. The van der Waals surface area contributed by atoms with E-state index in [1.165, 1.54) is 43.9 Å². The van der Waals surface area contributed by atoms with E-state index < -0.39 is 0 Å². The summed E-state index contributed by atoms with van der Waals surface area (Å²) in [6.07, 6.45) is 28.2. The van der Waals surface area contributed by atoms with Crippen LogP contribution < -0.4 is 11.1 Å². The summed E-state index contributed by atoms with van der Waals surface area (Å²) < 4.78 is 0. The molecule has 2 atom stereocenters. The van der Waals surface area contributed by atoms with E-state index in [2.05, 4.69) is 117 Å². The first-order valence-electron chi connectivity index (χ1n) is 20.2. The number of benzene rings is 1. The highest BCUT2D eigenvalue weighted by Gasteiger charge is 2.13. The van der Waals surface area contributed by atoms with Crippen LogP contribution in [-0.2, 0) is 0 Å². The normalized spacial score (nSPS) is 13.8. The molecule has 1 aromatic rings. The van der Waals surface area contributed by atoms with Gasteiger partial charge < -0.3 is 20.9 Å². The first-order valence-corrected chi connectivity index (χ1v) is 20.2. The lowest BCUT2D eigenvalue weighted by Crippen LogP contribution is -2.33. The topological polar surface area (TPSA) is 56.9 Å². The molecule has 1 fully saturated rings. The molecule has 0 spiro atoms. The number of rotatable bonds is 19. The predicted molar refractivity (Wildman–Crippen MR) is 238 cm³/mol. The number of hydrogen-bond acceptors (Lipinski definition) is 5. The maximum atomic E-state index is 5.42. The SMILES string of the molecule is C#CCCCC(C)CC(C=C/C(=C/C)N=CC)NC(=C)CCC(=C)N(C)CCN(CC)CC.C=CN.CC.CC1CCCCC1.Cc1ccccc1. The van der Waals surface area contributed by atoms with Gasteiger partial charge in [-0.15, -0.1) is 12.3 Å². The summed E-state index contributed by atoms with van der Waals surface area (Å²) >= 11 is 0. The third-order valence-electron chi connectivity index (χ3n) is 8.87. The molecule has 3 N–H and O–H groups in total. The van der Waals surface area contributed by atoms with Gasteiger partial charge in [-0.2, -0.15) is 0 Å². The molecule has 0 heterocycles. The number of terminal acetylenes is 1. The molecule has 0 aliphatic heterocycles. The summed E-state index contributed by atoms with van der Waals surface area (Å²) in [5, 5.41) is 3.65. The van der Waals surface area contributed by atoms with Crippen molar-refractivity contribution in [3.05, 3.63) is 97.2 Å². The molecule has 2 unspecified atom stereocenters. The van der Waals surface area contributed by atoms with E-state index in [0.717, 1.165) is 87.7 Å². The van der Waals surface area contributed by atoms with Crippen molar-refractivity contribution in [2.45, 2.75) is 139 Å². The predicted octanol–water partition coefficient (Wildman–Crippen LogP) is 12.1. The molecule has 5 nitrogen and oxygen atoms in total. The Morgan fingerprint density at radius 2 is 1.65 bits per heavy atom. The molecule has 1 aromatic carbocycles.